The van der Waals surface area contributed by atoms with E-state index in [2.05, 4.69) is 28.1 Å². The van der Waals surface area contributed by atoms with E-state index < -0.39 is 5.60 Å². The summed E-state index contributed by atoms with van der Waals surface area (Å²) < 4.78 is 0.968. The minimum Gasteiger partial charge on any atom is -0.376 e. The number of hydrogen-bond donors (Lipinski definition) is 1. The van der Waals surface area contributed by atoms with E-state index >= 15 is 0 Å². The van der Waals surface area contributed by atoms with Crippen LogP contribution in [0.4, 0.5) is 0 Å². The van der Waals surface area contributed by atoms with Crippen LogP contribution in [-0.4, -0.2) is 5.11 Å². The van der Waals surface area contributed by atoms with Crippen LogP contribution in [0.1, 0.15) is 16.7 Å². The molecule has 0 saturated heterocycles. The highest BCUT2D eigenvalue weighted by molar-refractivity contribution is 9.10. The Bertz CT molecular complexity index is 793. The lowest BCUT2D eigenvalue weighted by Gasteiger charge is -2.26. The SMILES string of the molecule is OC1(c2cccc(Br)c2)c2ccccc2-c2ccccc21. The normalized spacial score (nSPS) is 14.6. The van der Waals surface area contributed by atoms with Gasteiger partial charge in [-0.1, -0.05) is 76.6 Å². The molecule has 0 atom stereocenters. The van der Waals surface area contributed by atoms with Gasteiger partial charge in [0.05, 0.1) is 0 Å². The highest BCUT2D eigenvalue weighted by Gasteiger charge is 2.42. The second-order valence-corrected chi connectivity index (χ2v) is 6.23. The van der Waals surface area contributed by atoms with E-state index in [-0.39, 0.29) is 0 Å². The summed E-state index contributed by atoms with van der Waals surface area (Å²) in [7, 11) is 0. The fourth-order valence-electron chi connectivity index (χ4n) is 3.24. The summed E-state index contributed by atoms with van der Waals surface area (Å²) >= 11 is 3.50. The first-order chi connectivity index (χ1) is 10.2. The van der Waals surface area contributed by atoms with E-state index in [0.717, 1.165) is 32.3 Å². The van der Waals surface area contributed by atoms with Crippen LogP contribution in [0, 0.1) is 0 Å². The van der Waals surface area contributed by atoms with Gasteiger partial charge < -0.3 is 5.11 Å². The molecule has 0 amide bonds. The zero-order valence-corrected chi connectivity index (χ0v) is 12.8. The number of rotatable bonds is 1. The van der Waals surface area contributed by atoms with Gasteiger partial charge in [-0.15, -0.1) is 0 Å². The molecule has 0 saturated carbocycles. The van der Waals surface area contributed by atoms with Crippen molar-refractivity contribution in [1.82, 2.24) is 0 Å². The van der Waals surface area contributed by atoms with Crippen LogP contribution in [-0.2, 0) is 5.60 Å². The molecule has 1 aliphatic carbocycles. The second-order valence-electron chi connectivity index (χ2n) is 5.31. The number of benzene rings is 3. The van der Waals surface area contributed by atoms with Gasteiger partial charge in [0.2, 0.25) is 0 Å². The van der Waals surface area contributed by atoms with Gasteiger partial charge in [-0.2, -0.15) is 0 Å². The minimum absolute atomic E-state index is 0.884. The quantitative estimate of drug-likeness (QED) is 0.682. The predicted molar refractivity (Wildman–Crippen MR) is 88.1 cm³/mol. The third kappa shape index (κ3) is 1.73. The van der Waals surface area contributed by atoms with Crippen LogP contribution in [0.5, 0.6) is 0 Å². The van der Waals surface area contributed by atoms with Crippen molar-refractivity contribution in [2.45, 2.75) is 5.60 Å². The zero-order chi connectivity index (χ0) is 14.4. The molecule has 3 aromatic carbocycles. The van der Waals surface area contributed by atoms with Crippen molar-refractivity contribution in [2.75, 3.05) is 0 Å². The lowest BCUT2D eigenvalue weighted by Crippen LogP contribution is -2.26. The van der Waals surface area contributed by atoms with Crippen molar-refractivity contribution in [3.8, 4) is 11.1 Å². The van der Waals surface area contributed by atoms with Crippen molar-refractivity contribution in [2.24, 2.45) is 0 Å². The molecule has 0 unspecified atom stereocenters. The highest BCUT2D eigenvalue weighted by Crippen LogP contribution is 2.50. The fraction of sp³-hybridized carbons (Fsp3) is 0.0526. The maximum absolute atomic E-state index is 11.6. The Morgan fingerprint density at radius 3 is 1.86 bits per heavy atom. The molecule has 1 aliphatic rings. The molecule has 1 nitrogen and oxygen atoms in total. The van der Waals surface area contributed by atoms with Gasteiger partial charge >= 0.3 is 0 Å². The van der Waals surface area contributed by atoms with Crippen molar-refractivity contribution in [3.63, 3.8) is 0 Å². The summed E-state index contributed by atoms with van der Waals surface area (Å²) in [4.78, 5) is 0. The molecule has 0 aliphatic heterocycles. The summed E-state index contributed by atoms with van der Waals surface area (Å²) in [6.45, 7) is 0. The van der Waals surface area contributed by atoms with E-state index in [4.69, 9.17) is 0 Å². The largest absolute Gasteiger partial charge is 0.376 e. The molecule has 0 radical (unpaired) electrons. The topological polar surface area (TPSA) is 20.2 Å². The minimum atomic E-state index is -1.09. The van der Waals surface area contributed by atoms with E-state index in [1.165, 1.54) is 0 Å². The maximum Gasteiger partial charge on any atom is 0.141 e. The van der Waals surface area contributed by atoms with Crippen LogP contribution in [0.15, 0.2) is 77.3 Å². The Balaban J connectivity index is 2.09. The predicted octanol–water partition coefficient (Wildman–Crippen LogP) is 4.71. The van der Waals surface area contributed by atoms with Gasteiger partial charge in [0.15, 0.2) is 0 Å². The summed E-state index contributed by atoms with van der Waals surface area (Å²) in [6.07, 6.45) is 0. The Morgan fingerprint density at radius 1 is 0.714 bits per heavy atom. The smallest absolute Gasteiger partial charge is 0.141 e. The van der Waals surface area contributed by atoms with Crippen LogP contribution < -0.4 is 0 Å². The first-order valence-electron chi connectivity index (χ1n) is 6.89. The van der Waals surface area contributed by atoms with E-state index in [9.17, 15) is 5.11 Å². The summed E-state index contributed by atoms with van der Waals surface area (Å²) in [5.41, 5.74) is 3.91. The number of hydrogen-bond acceptors (Lipinski definition) is 1. The summed E-state index contributed by atoms with van der Waals surface area (Å²) in [6, 6.07) is 24.1. The molecule has 1 N–H and O–H groups in total. The number of halogens is 1. The average molecular weight is 337 g/mol. The van der Waals surface area contributed by atoms with Crippen molar-refractivity contribution < 1.29 is 5.11 Å². The number of fused-ring (bicyclic) bond motifs is 3. The van der Waals surface area contributed by atoms with Crippen LogP contribution in [0.25, 0.3) is 11.1 Å². The molecule has 21 heavy (non-hydrogen) atoms. The molecule has 0 spiro atoms. The van der Waals surface area contributed by atoms with Crippen LogP contribution in [0.3, 0.4) is 0 Å². The standard InChI is InChI=1S/C19H13BrO/c20-14-7-5-6-13(12-14)19(21)17-10-3-1-8-15(17)16-9-2-4-11-18(16)19/h1-12,21H. The molecular weight excluding hydrogens is 324 g/mol. The van der Waals surface area contributed by atoms with E-state index in [1.807, 2.05) is 60.7 Å². The summed E-state index contributed by atoms with van der Waals surface area (Å²) in [5.74, 6) is 0. The maximum atomic E-state index is 11.6. The molecule has 102 valence electrons. The highest BCUT2D eigenvalue weighted by atomic mass is 79.9. The van der Waals surface area contributed by atoms with Gasteiger partial charge in [0, 0.05) is 15.6 Å². The molecule has 0 aromatic heterocycles. The molecular formula is C19H13BrO. The zero-order valence-electron chi connectivity index (χ0n) is 11.3. The molecule has 2 heteroatoms. The molecule has 4 rings (SSSR count). The Hall–Kier alpha value is -1.90. The molecule has 0 heterocycles. The third-order valence-electron chi connectivity index (χ3n) is 4.17. The van der Waals surface area contributed by atoms with Gasteiger partial charge in [0.1, 0.15) is 5.60 Å². The van der Waals surface area contributed by atoms with Gasteiger partial charge in [-0.05, 0) is 28.8 Å². The fourth-order valence-corrected chi connectivity index (χ4v) is 3.64. The van der Waals surface area contributed by atoms with Gasteiger partial charge in [-0.25, -0.2) is 0 Å². The third-order valence-corrected chi connectivity index (χ3v) is 4.66. The summed E-state index contributed by atoms with van der Waals surface area (Å²) in [5, 5.41) is 11.6. The first kappa shape index (κ1) is 12.8. The van der Waals surface area contributed by atoms with Crippen molar-refractivity contribution in [1.29, 1.82) is 0 Å². The first-order valence-corrected chi connectivity index (χ1v) is 7.68. The van der Waals surface area contributed by atoms with Crippen LogP contribution >= 0.6 is 15.9 Å². The van der Waals surface area contributed by atoms with Crippen molar-refractivity contribution >= 4 is 15.9 Å². The lowest BCUT2D eigenvalue weighted by atomic mass is 9.84. The van der Waals surface area contributed by atoms with Crippen molar-refractivity contribution in [3.05, 3.63) is 94.0 Å². The second kappa shape index (κ2) is 4.55. The Labute approximate surface area is 132 Å². The van der Waals surface area contributed by atoms with E-state index in [0.29, 0.717) is 0 Å². The molecule has 0 bridgehead atoms. The van der Waals surface area contributed by atoms with E-state index in [1.54, 1.807) is 0 Å². The molecule has 3 aromatic rings. The Morgan fingerprint density at radius 2 is 1.29 bits per heavy atom. The van der Waals surface area contributed by atoms with Gasteiger partial charge in [0.25, 0.3) is 0 Å². The lowest BCUT2D eigenvalue weighted by molar-refractivity contribution is 0.130. The van der Waals surface area contributed by atoms with Crippen LogP contribution in [0.2, 0.25) is 0 Å². The van der Waals surface area contributed by atoms with Gasteiger partial charge in [-0.3, -0.25) is 0 Å². The number of aliphatic hydroxyl groups is 1. The average Bonchev–Trinajstić information content (AvgIpc) is 2.79. The Kier molecular flexibility index (Phi) is 2.78. The molecule has 0 fully saturated rings. The monoisotopic (exact) mass is 336 g/mol.